The van der Waals surface area contributed by atoms with E-state index in [0.29, 0.717) is 17.0 Å². The van der Waals surface area contributed by atoms with Crippen molar-refractivity contribution in [2.24, 2.45) is 0 Å². The summed E-state index contributed by atoms with van der Waals surface area (Å²) in [5, 5.41) is 3.82. The summed E-state index contributed by atoms with van der Waals surface area (Å²) < 4.78 is 7.24. The van der Waals surface area contributed by atoms with Crippen molar-refractivity contribution in [3.63, 3.8) is 0 Å². The minimum atomic E-state index is -0.377. The van der Waals surface area contributed by atoms with Crippen molar-refractivity contribution in [2.75, 3.05) is 0 Å². The number of carbonyl (C=O) groups is 2. The number of amides is 2. The maximum Gasteiger partial charge on any atom is 0.269 e. The molecule has 4 rings (SSSR count). The van der Waals surface area contributed by atoms with Crippen LogP contribution in [0.5, 0.6) is 0 Å². The van der Waals surface area contributed by atoms with E-state index in [1.807, 2.05) is 30.3 Å². The summed E-state index contributed by atoms with van der Waals surface area (Å²) in [4.78, 5) is 29.0. The first-order valence-electron chi connectivity index (χ1n) is 9.58. The largest absolute Gasteiger partial charge is 0.361 e. The van der Waals surface area contributed by atoms with Crippen LogP contribution in [0, 0.1) is 13.8 Å². The van der Waals surface area contributed by atoms with Gasteiger partial charge in [-0.15, -0.1) is 11.3 Å². The molecule has 0 saturated heterocycles. The van der Waals surface area contributed by atoms with Crippen molar-refractivity contribution in [2.45, 2.75) is 30.4 Å². The number of nitrogens with zero attached hydrogens (tertiary/aromatic N) is 2. The van der Waals surface area contributed by atoms with Crippen LogP contribution in [-0.2, 0) is 17.0 Å². The molecule has 0 fully saturated rings. The van der Waals surface area contributed by atoms with Crippen molar-refractivity contribution >= 4 is 45.1 Å². The first-order chi connectivity index (χ1) is 15.0. The van der Waals surface area contributed by atoms with Gasteiger partial charge in [0.1, 0.15) is 5.76 Å². The third-order valence-corrected chi connectivity index (χ3v) is 6.94. The lowest BCUT2D eigenvalue weighted by molar-refractivity contribution is -0.121. The predicted octanol–water partition coefficient (Wildman–Crippen LogP) is 4.20. The van der Waals surface area contributed by atoms with Gasteiger partial charge in [0.05, 0.1) is 22.3 Å². The number of hydrazine groups is 1. The second-order valence-electron chi connectivity index (χ2n) is 6.91. The number of thiazole rings is 1. The minimum Gasteiger partial charge on any atom is -0.361 e. The smallest absolute Gasteiger partial charge is 0.269 e. The van der Waals surface area contributed by atoms with E-state index in [9.17, 15) is 9.59 Å². The number of nitrogens with one attached hydrogen (secondary N) is 2. The van der Waals surface area contributed by atoms with Crippen LogP contribution < -0.4 is 10.9 Å². The molecule has 0 unspecified atom stereocenters. The van der Waals surface area contributed by atoms with Crippen LogP contribution in [0.3, 0.4) is 0 Å². The third-order valence-electron chi connectivity index (χ3n) is 4.69. The number of rotatable bonds is 6. The molecule has 2 aromatic heterocycles. The first-order valence-corrected chi connectivity index (χ1v) is 11.4. The fourth-order valence-electron chi connectivity index (χ4n) is 2.97. The average molecular weight is 453 g/mol. The first kappa shape index (κ1) is 21.1. The Hall–Kier alpha value is -3.17. The highest BCUT2D eigenvalue weighted by atomic mass is 32.2. The van der Waals surface area contributed by atoms with Crippen molar-refractivity contribution in [1.82, 2.24) is 21.0 Å². The topological polar surface area (TPSA) is 97.1 Å². The van der Waals surface area contributed by atoms with E-state index in [0.717, 1.165) is 26.7 Å². The zero-order valence-corrected chi connectivity index (χ0v) is 18.6. The highest BCUT2D eigenvalue weighted by molar-refractivity contribution is 8.00. The molecule has 2 heterocycles. The van der Waals surface area contributed by atoms with Gasteiger partial charge in [0.15, 0.2) is 4.34 Å². The van der Waals surface area contributed by atoms with E-state index in [1.54, 1.807) is 49.1 Å². The summed E-state index contributed by atoms with van der Waals surface area (Å²) in [6.07, 6.45) is 0.0867. The average Bonchev–Trinajstić information content (AvgIpc) is 3.34. The van der Waals surface area contributed by atoms with Crippen molar-refractivity contribution < 1.29 is 14.1 Å². The zero-order chi connectivity index (χ0) is 21.8. The summed E-state index contributed by atoms with van der Waals surface area (Å²) in [6.45, 7) is 3.52. The van der Waals surface area contributed by atoms with Gasteiger partial charge in [0.2, 0.25) is 5.91 Å². The molecule has 31 heavy (non-hydrogen) atoms. The number of fused-ring (bicyclic) bond motifs is 1. The molecule has 2 N–H and O–H groups in total. The van der Waals surface area contributed by atoms with E-state index in [2.05, 4.69) is 27.1 Å². The highest BCUT2D eigenvalue weighted by Gasteiger charge is 2.14. The SMILES string of the molecule is Cc1noc(C)c1CC(=O)NNC(=O)c1ccc(CSc2nc3ccccc3s2)cc1. The molecule has 0 atom stereocenters. The molecule has 0 aliphatic heterocycles. The van der Waals surface area contributed by atoms with E-state index < -0.39 is 0 Å². The number of para-hydroxylation sites is 1. The summed E-state index contributed by atoms with van der Waals surface area (Å²) in [5.41, 5.74) is 8.82. The van der Waals surface area contributed by atoms with Crippen LogP contribution in [0.2, 0.25) is 0 Å². The maximum atomic E-state index is 12.3. The summed E-state index contributed by atoms with van der Waals surface area (Å²) in [6, 6.07) is 15.4. The molecule has 2 aromatic carbocycles. The second-order valence-corrected chi connectivity index (χ2v) is 9.17. The van der Waals surface area contributed by atoms with Crippen molar-refractivity contribution in [3.8, 4) is 0 Å². The quantitative estimate of drug-likeness (QED) is 0.336. The summed E-state index contributed by atoms with van der Waals surface area (Å²) >= 11 is 3.34. The number of hydrogen-bond donors (Lipinski definition) is 2. The number of hydrogen-bond acceptors (Lipinski definition) is 7. The van der Waals surface area contributed by atoms with Crippen molar-refractivity contribution in [3.05, 3.63) is 76.7 Å². The lowest BCUT2D eigenvalue weighted by Gasteiger charge is -2.08. The molecule has 2 amide bonds. The van der Waals surface area contributed by atoms with Gasteiger partial charge in [-0.1, -0.05) is 41.2 Å². The monoisotopic (exact) mass is 452 g/mol. The Balaban J connectivity index is 1.28. The fraction of sp³-hybridized carbons (Fsp3) is 0.182. The number of aryl methyl sites for hydroxylation is 2. The van der Waals surface area contributed by atoms with Crippen LogP contribution >= 0.6 is 23.1 Å². The van der Waals surface area contributed by atoms with Crippen LogP contribution in [-0.4, -0.2) is 22.0 Å². The van der Waals surface area contributed by atoms with Gasteiger partial charge in [-0.25, -0.2) is 4.98 Å². The van der Waals surface area contributed by atoms with Crippen LogP contribution in [0.1, 0.15) is 32.9 Å². The number of carbonyl (C=O) groups excluding carboxylic acids is 2. The molecular weight excluding hydrogens is 432 g/mol. The molecule has 9 heteroatoms. The fourth-order valence-corrected chi connectivity index (χ4v) is 4.99. The molecule has 0 saturated carbocycles. The van der Waals surface area contributed by atoms with Gasteiger partial charge in [-0.05, 0) is 43.7 Å². The normalized spacial score (nSPS) is 10.9. The lowest BCUT2D eigenvalue weighted by Crippen LogP contribution is -2.42. The summed E-state index contributed by atoms with van der Waals surface area (Å²) in [5.74, 6) is 0.637. The molecule has 4 aromatic rings. The Morgan fingerprint density at radius 1 is 1.06 bits per heavy atom. The van der Waals surface area contributed by atoms with Crippen LogP contribution in [0.4, 0.5) is 0 Å². The van der Waals surface area contributed by atoms with Gasteiger partial charge in [-0.2, -0.15) is 0 Å². The molecule has 0 radical (unpaired) electrons. The molecule has 0 spiro atoms. The van der Waals surface area contributed by atoms with E-state index >= 15 is 0 Å². The maximum absolute atomic E-state index is 12.3. The van der Waals surface area contributed by atoms with E-state index in [4.69, 9.17) is 4.52 Å². The molecule has 0 bridgehead atoms. The Kier molecular flexibility index (Phi) is 6.34. The summed E-state index contributed by atoms with van der Waals surface area (Å²) in [7, 11) is 0. The molecule has 0 aliphatic carbocycles. The van der Waals surface area contributed by atoms with Crippen LogP contribution in [0.15, 0.2) is 57.4 Å². The minimum absolute atomic E-state index is 0.0867. The lowest BCUT2D eigenvalue weighted by atomic mass is 10.1. The number of thioether (sulfide) groups is 1. The Morgan fingerprint density at radius 2 is 1.84 bits per heavy atom. The number of aromatic nitrogens is 2. The van der Waals surface area contributed by atoms with Crippen LogP contribution in [0.25, 0.3) is 10.2 Å². The molecule has 0 aliphatic rings. The third kappa shape index (κ3) is 5.12. The van der Waals surface area contributed by atoms with Gasteiger partial charge in [0, 0.05) is 16.9 Å². The van der Waals surface area contributed by atoms with Gasteiger partial charge >= 0.3 is 0 Å². The molecule has 158 valence electrons. The van der Waals surface area contributed by atoms with Gasteiger partial charge in [0.25, 0.3) is 5.91 Å². The Labute approximate surface area is 187 Å². The van der Waals surface area contributed by atoms with E-state index in [1.165, 1.54) is 4.70 Å². The van der Waals surface area contributed by atoms with Gasteiger partial charge < -0.3 is 4.52 Å². The zero-order valence-electron chi connectivity index (χ0n) is 17.0. The highest BCUT2D eigenvalue weighted by Crippen LogP contribution is 2.31. The standard InChI is InChI=1S/C22H20N4O3S2/c1-13-17(14(2)29-26-13)11-20(27)24-25-21(28)16-9-7-15(8-10-16)12-30-22-23-18-5-3-4-6-19(18)31-22/h3-10H,11-12H2,1-2H3,(H,24,27)(H,25,28). The van der Waals surface area contributed by atoms with Crippen molar-refractivity contribution in [1.29, 1.82) is 0 Å². The predicted molar refractivity (Wildman–Crippen MR) is 121 cm³/mol. The van der Waals surface area contributed by atoms with Gasteiger partial charge in [-0.3, -0.25) is 20.4 Å². The molecule has 7 nitrogen and oxygen atoms in total. The Morgan fingerprint density at radius 3 is 2.55 bits per heavy atom. The molecular formula is C22H20N4O3S2. The second kappa shape index (κ2) is 9.32. The Bertz CT molecular complexity index is 1180. The number of benzene rings is 2. The van der Waals surface area contributed by atoms with E-state index in [-0.39, 0.29) is 18.2 Å².